The zero-order valence-electron chi connectivity index (χ0n) is 15.6. The van der Waals surface area contributed by atoms with Crippen LogP contribution in [0.2, 0.25) is 0 Å². The highest BCUT2D eigenvalue weighted by Crippen LogP contribution is 2.30. The van der Waals surface area contributed by atoms with Gasteiger partial charge in [-0.1, -0.05) is 60.7 Å². The first kappa shape index (κ1) is 17.5. The highest BCUT2D eigenvalue weighted by molar-refractivity contribution is 5.83. The number of carbonyl (C=O) groups excluding carboxylic acids is 1. The molecule has 1 amide bonds. The molecule has 1 N–H and O–H groups in total. The van der Waals surface area contributed by atoms with Crippen LogP contribution in [-0.4, -0.2) is 15.7 Å². The molecule has 1 aliphatic rings. The van der Waals surface area contributed by atoms with E-state index in [1.165, 1.54) is 16.8 Å². The van der Waals surface area contributed by atoms with Crippen molar-refractivity contribution in [2.24, 2.45) is 0 Å². The molecule has 4 nitrogen and oxygen atoms in total. The Hall–Kier alpha value is -2.88. The number of amides is 1. The standard InChI is InChI=1S/C23H25N3O/c1-17(19-11-6-3-7-12-19)23(27)25-21-13-8-14-22-20(21)15-24-26(22)16-18-9-4-2-5-10-18/h2-7,9-12,15,17,21H,8,13-14,16H2,1H3,(H,25,27)/t17-,21-/m1/s1. The zero-order valence-corrected chi connectivity index (χ0v) is 15.6. The van der Waals surface area contributed by atoms with E-state index in [4.69, 9.17) is 0 Å². The summed E-state index contributed by atoms with van der Waals surface area (Å²) in [7, 11) is 0. The summed E-state index contributed by atoms with van der Waals surface area (Å²) >= 11 is 0. The molecule has 0 fully saturated rings. The molecule has 138 valence electrons. The molecule has 0 radical (unpaired) electrons. The Morgan fingerprint density at radius 3 is 2.59 bits per heavy atom. The van der Waals surface area contributed by atoms with E-state index in [-0.39, 0.29) is 17.9 Å². The van der Waals surface area contributed by atoms with Crippen LogP contribution in [-0.2, 0) is 17.8 Å². The van der Waals surface area contributed by atoms with Gasteiger partial charge < -0.3 is 5.32 Å². The molecule has 1 aromatic heterocycles. The molecule has 4 rings (SSSR count). The lowest BCUT2D eigenvalue weighted by molar-refractivity contribution is -0.123. The normalized spacial score (nSPS) is 17.1. The second kappa shape index (κ2) is 7.78. The first-order valence-corrected chi connectivity index (χ1v) is 9.66. The van der Waals surface area contributed by atoms with Crippen molar-refractivity contribution in [1.29, 1.82) is 0 Å². The van der Waals surface area contributed by atoms with Gasteiger partial charge in [0, 0.05) is 11.3 Å². The molecule has 4 heteroatoms. The number of benzene rings is 2. The number of aromatic nitrogens is 2. The van der Waals surface area contributed by atoms with Crippen LogP contribution in [0.3, 0.4) is 0 Å². The summed E-state index contributed by atoms with van der Waals surface area (Å²) in [4.78, 5) is 12.8. The molecule has 1 heterocycles. The quantitative estimate of drug-likeness (QED) is 0.741. The summed E-state index contributed by atoms with van der Waals surface area (Å²) in [6.07, 6.45) is 4.99. The number of nitrogens with zero attached hydrogens (tertiary/aromatic N) is 2. The highest BCUT2D eigenvalue weighted by Gasteiger charge is 2.27. The van der Waals surface area contributed by atoms with Crippen molar-refractivity contribution in [3.05, 3.63) is 89.2 Å². The van der Waals surface area contributed by atoms with E-state index in [0.717, 1.165) is 31.4 Å². The number of hydrogen-bond donors (Lipinski definition) is 1. The first-order valence-electron chi connectivity index (χ1n) is 9.66. The van der Waals surface area contributed by atoms with Gasteiger partial charge in [0.25, 0.3) is 0 Å². The molecule has 3 aromatic rings. The van der Waals surface area contributed by atoms with E-state index in [9.17, 15) is 4.79 Å². The molecule has 2 atom stereocenters. The van der Waals surface area contributed by atoms with Gasteiger partial charge in [-0.3, -0.25) is 9.48 Å². The number of hydrogen-bond acceptors (Lipinski definition) is 2. The molecule has 0 unspecified atom stereocenters. The Kier molecular flexibility index (Phi) is 5.05. The van der Waals surface area contributed by atoms with E-state index in [2.05, 4.69) is 39.4 Å². The Bertz CT molecular complexity index is 902. The Balaban J connectivity index is 1.50. The van der Waals surface area contributed by atoms with Gasteiger partial charge in [0.2, 0.25) is 5.91 Å². The lowest BCUT2D eigenvalue weighted by Gasteiger charge is -2.25. The van der Waals surface area contributed by atoms with Crippen molar-refractivity contribution in [3.8, 4) is 0 Å². The maximum absolute atomic E-state index is 12.8. The van der Waals surface area contributed by atoms with Crippen molar-refractivity contribution in [2.75, 3.05) is 0 Å². The Morgan fingerprint density at radius 1 is 1.15 bits per heavy atom. The molecule has 2 aromatic carbocycles. The maximum atomic E-state index is 12.8. The van der Waals surface area contributed by atoms with Crippen LogP contribution in [0, 0.1) is 0 Å². The van der Waals surface area contributed by atoms with Crippen molar-refractivity contribution in [1.82, 2.24) is 15.1 Å². The van der Waals surface area contributed by atoms with Crippen LogP contribution in [0.15, 0.2) is 66.9 Å². The molecular formula is C23H25N3O. The number of carbonyl (C=O) groups is 1. The highest BCUT2D eigenvalue weighted by atomic mass is 16.1. The van der Waals surface area contributed by atoms with E-state index >= 15 is 0 Å². The third-order valence-electron chi connectivity index (χ3n) is 5.45. The number of nitrogens with one attached hydrogen (secondary N) is 1. The molecule has 0 saturated heterocycles. The van der Waals surface area contributed by atoms with Gasteiger partial charge in [-0.05, 0) is 37.3 Å². The van der Waals surface area contributed by atoms with Crippen LogP contribution in [0.5, 0.6) is 0 Å². The zero-order chi connectivity index (χ0) is 18.6. The van der Waals surface area contributed by atoms with Crippen molar-refractivity contribution in [3.63, 3.8) is 0 Å². The van der Waals surface area contributed by atoms with E-state index in [1.54, 1.807) is 0 Å². The predicted molar refractivity (Wildman–Crippen MR) is 106 cm³/mol. The number of fused-ring (bicyclic) bond motifs is 1. The molecule has 1 aliphatic carbocycles. The minimum Gasteiger partial charge on any atom is -0.349 e. The third kappa shape index (κ3) is 3.80. The van der Waals surface area contributed by atoms with Crippen LogP contribution in [0.1, 0.15) is 54.1 Å². The summed E-state index contributed by atoms with van der Waals surface area (Å²) in [5.41, 5.74) is 4.71. The molecule has 0 saturated carbocycles. The van der Waals surface area contributed by atoms with E-state index in [1.807, 2.05) is 49.5 Å². The fourth-order valence-corrected chi connectivity index (χ4v) is 3.85. The average Bonchev–Trinajstić information content (AvgIpc) is 3.13. The Labute approximate surface area is 160 Å². The van der Waals surface area contributed by atoms with Gasteiger partial charge >= 0.3 is 0 Å². The number of rotatable bonds is 5. The summed E-state index contributed by atoms with van der Waals surface area (Å²) in [6, 6.07) is 20.4. The average molecular weight is 359 g/mol. The summed E-state index contributed by atoms with van der Waals surface area (Å²) in [6.45, 7) is 2.74. The molecule has 0 bridgehead atoms. The van der Waals surface area contributed by atoms with Crippen LogP contribution in [0.4, 0.5) is 0 Å². The molecule has 0 spiro atoms. The monoisotopic (exact) mass is 359 g/mol. The summed E-state index contributed by atoms with van der Waals surface area (Å²) < 4.78 is 2.09. The summed E-state index contributed by atoms with van der Waals surface area (Å²) in [5, 5.41) is 7.88. The van der Waals surface area contributed by atoms with E-state index < -0.39 is 0 Å². The first-order chi connectivity index (χ1) is 13.2. The molecular weight excluding hydrogens is 334 g/mol. The minimum absolute atomic E-state index is 0.0527. The van der Waals surface area contributed by atoms with Crippen LogP contribution < -0.4 is 5.32 Å². The second-order valence-corrected chi connectivity index (χ2v) is 7.28. The van der Waals surface area contributed by atoms with Crippen LogP contribution >= 0.6 is 0 Å². The van der Waals surface area contributed by atoms with E-state index in [0.29, 0.717) is 0 Å². The molecule has 27 heavy (non-hydrogen) atoms. The second-order valence-electron chi connectivity index (χ2n) is 7.28. The topological polar surface area (TPSA) is 46.9 Å². The van der Waals surface area contributed by atoms with Crippen molar-refractivity contribution >= 4 is 5.91 Å². The third-order valence-corrected chi connectivity index (χ3v) is 5.45. The largest absolute Gasteiger partial charge is 0.349 e. The van der Waals surface area contributed by atoms with Gasteiger partial charge in [0.1, 0.15) is 0 Å². The van der Waals surface area contributed by atoms with Gasteiger partial charge in [0.15, 0.2) is 0 Å². The minimum atomic E-state index is -0.157. The van der Waals surface area contributed by atoms with Gasteiger partial charge in [-0.15, -0.1) is 0 Å². The van der Waals surface area contributed by atoms with Gasteiger partial charge in [-0.25, -0.2) is 0 Å². The van der Waals surface area contributed by atoms with Gasteiger partial charge in [-0.2, -0.15) is 5.10 Å². The Morgan fingerprint density at radius 2 is 1.85 bits per heavy atom. The van der Waals surface area contributed by atoms with Crippen molar-refractivity contribution in [2.45, 2.75) is 44.7 Å². The smallest absolute Gasteiger partial charge is 0.227 e. The summed E-state index contributed by atoms with van der Waals surface area (Å²) in [5.74, 6) is -0.0780. The predicted octanol–water partition coefficient (Wildman–Crippen LogP) is 4.23. The van der Waals surface area contributed by atoms with Crippen molar-refractivity contribution < 1.29 is 4.79 Å². The van der Waals surface area contributed by atoms with Gasteiger partial charge in [0.05, 0.1) is 24.7 Å². The maximum Gasteiger partial charge on any atom is 0.227 e. The lowest BCUT2D eigenvalue weighted by atomic mass is 9.91. The lowest BCUT2D eigenvalue weighted by Crippen LogP contribution is -2.33. The SMILES string of the molecule is C[C@@H](C(=O)N[C@@H]1CCCc2c1cnn2Cc1ccccc1)c1ccccc1. The van der Waals surface area contributed by atoms with Crippen LogP contribution in [0.25, 0.3) is 0 Å². The fourth-order valence-electron chi connectivity index (χ4n) is 3.85. The fraction of sp³-hybridized carbons (Fsp3) is 0.304. The molecule has 0 aliphatic heterocycles.